The standard InChI is InChI=1S/C14H16BrN3O/c1-19-12-6-10(15)5-11(7-12)18-9-16-8-14(18)13-3-2-4-17-13/h5-9,13,17H,2-4H2,1H3. The predicted octanol–water partition coefficient (Wildman–Crippen LogP) is 3.07. The lowest BCUT2D eigenvalue weighted by atomic mass is 10.1. The molecule has 1 saturated heterocycles. The van der Waals surface area contributed by atoms with E-state index in [1.807, 2.05) is 24.7 Å². The van der Waals surface area contributed by atoms with Gasteiger partial charge in [-0.3, -0.25) is 0 Å². The second kappa shape index (κ2) is 5.35. The Balaban J connectivity index is 2.02. The molecule has 1 aromatic carbocycles. The van der Waals surface area contributed by atoms with Crippen LogP contribution in [-0.2, 0) is 0 Å². The molecule has 100 valence electrons. The van der Waals surface area contributed by atoms with Crippen LogP contribution in [0.5, 0.6) is 5.75 Å². The minimum Gasteiger partial charge on any atom is -0.497 e. The Bertz CT molecular complexity index is 576. The second-order valence-corrected chi connectivity index (χ2v) is 5.60. The van der Waals surface area contributed by atoms with Gasteiger partial charge in [-0.2, -0.15) is 0 Å². The number of nitrogens with one attached hydrogen (secondary N) is 1. The third-order valence-corrected chi connectivity index (χ3v) is 3.91. The van der Waals surface area contributed by atoms with Gasteiger partial charge in [0.05, 0.1) is 31.0 Å². The Kier molecular flexibility index (Phi) is 3.57. The molecule has 0 saturated carbocycles. The maximum Gasteiger partial charge on any atom is 0.122 e. The van der Waals surface area contributed by atoms with Crippen molar-refractivity contribution >= 4 is 15.9 Å². The Morgan fingerprint density at radius 2 is 2.32 bits per heavy atom. The Hall–Kier alpha value is -1.33. The molecule has 2 heterocycles. The minimum absolute atomic E-state index is 0.396. The fraction of sp³-hybridized carbons (Fsp3) is 0.357. The third-order valence-electron chi connectivity index (χ3n) is 3.45. The Morgan fingerprint density at radius 3 is 3.05 bits per heavy atom. The SMILES string of the molecule is COc1cc(Br)cc(-n2cncc2C2CCCN2)c1. The van der Waals surface area contributed by atoms with Gasteiger partial charge in [-0.25, -0.2) is 4.98 Å². The monoisotopic (exact) mass is 321 g/mol. The molecular formula is C14H16BrN3O. The number of hydrogen-bond donors (Lipinski definition) is 1. The molecule has 0 bridgehead atoms. The van der Waals surface area contributed by atoms with Gasteiger partial charge in [0.25, 0.3) is 0 Å². The molecule has 2 aromatic rings. The van der Waals surface area contributed by atoms with Crippen molar-refractivity contribution in [3.8, 4) is 11.4 Å². The van der Waals surface area contributed by atoms with E-state index < -0.39 is 0 Å². The number of nitrogens with zero attached hydrogens (tertiary/aromatic N) is 2. The lowest BCUT2D eigenvalue weighted by Gasteiger charge is -2.15. The maximum atomic E-state index is 5.32. The fourth-order valence-electron chi connectivity index (χ4n) is 2.52. The van der Waals surface area contributed by atoms with Gasteiger partial charge in [0, 0.05) is 16.6 Å². The van der Waals surface area contributed by atoms with E-state index in [0.717, 1.165) is 28.9 Å². The first-order chi connectivity index (χ1) is 9.28. The zero-order chi connectivity index (χ0) is 13.2. The average molecular weight is 322 g/mol. The van der Waals surface area contributed by atoms with Gasteiger partial charge in [0.15, 0.2) is 0 Å². The number of benzene rings is 1. The summed E-state index contributed by atoms with van der Waals surface area (Å²) < 4.78 is 8.44. The highest BCUT2D eigenvalue weighted by Crippen LogP contribution is 2.28. The molecule has 0 amide bonds. The highest BCUT2D eigenvalue weighted by Gasteiger charge is 2.20. The van der Waals surface area contributed by atoms with Gasteiger partial charge in [0.1, 0.15) is 5.75 Å². The zero-order valence-corrected chi connectivity index (χ0v) is 12.4. The molecule has 1 atom stereocenters. The van der Waals surface area contributed by atoms with Crippen LogP contribution in [0.3, 0.4) is 0 Å². The number of imidazole rings is 1. The Labute approximate surface area is 120 Å². The van der Waals surface area contributed by atoms with Crippen molar-refractivity contribution in [1.82, 2.24) is 14.9 Å². The van der Waals surface area contributed by atoms with Gasteiger partial charge in [-0.15, -0.1) is 0 Å². The smallest absolute Gasteiger partial charge is 0.122 e. The first-order valence-corrected chi connectivity index (χ1v) is 7.18. The predicted molar refractivity (Wildman–Crippen MR) is 77.8 cm³/mol. The lowest BCUT2D eigenvalue weighted by Crippen LogP contribution is -2.16. The number of hydrogen-bond acceptors (Lipinski definition) is 3. The largest absolute Gasteiger partial charge is 0.497 e. The van der Waals surface area contributed by atoms with E-state index in [4.69, 9.17) is 4.74 Å². The van der Waals surface area contributed by atoms with Gasteiger partial charge in [-0.05, 0) is 31.5 Å². The van der Waals surface area contributed by atoms with E-state index in [2.05, 4.69) is 36.9 Å². The van der Waals surface area contributed by atoms with Gasteiger partial charge in [-0.1, -0.05) is 15.9 Å². The molecule has 1 aliphatic heterocycles. The molecule has 1 fully saturated rings. The van der Waals surface area contributed by atoms with Crippen molar-refractivity contribution in [2.24, 2.45) is 0 Å². The van der Waals surface area contributed by atoms with Crippen molar-refractivity contribution in [3.05, 3.63) is 40.9 Å². The van der Waals surface area contributed by atoms with E-state index in [9.17, 15) is 0 Å². The first kappa shape index (κ1) is 12.7. The van der Waals surface area contributed by atoms with Crippen LogP contribution in [0.25, 0.3) is 5.69 Å². The number of halogens is 1. The number of ether oxygens (including phenoxy) is 1. The molecule has 1 N–H and O–H groups in total. The van der Waals surface area contributed by atoms with Crippen molar-refractivity contribution in [2.45, 2.75) is 18.9 Å². The van der Waals surface area contributed by atoms with Crippen LogP contribution >= 0.6 is 15.9 Å². The van der Waals surface area contributed by atoms with Gasteiger partial charge in [0.2, 0.25) is 0 Å². The molecule has 19 heavy (non-hydrogen) atoms. The number of methoxy groups -OCH3 is 1. The quantitative estimate of drug-likeness (QED) is 0.944. The van der Waals surface area contributed by atoms with Crippen molar-refractivity contribution in [1.29, 1.82) is 0 Å². The van der Waals surface area contributed by atoms with Crippen molar-refractivity contribution < 1.29 is 4.74 Å². The Morgan fingerprint density at radius 1 is 1.42 bits per heavy atom. The van der Waals surface area contributed by atoms with Crippen LogP contribution in [0.15, 0.2) is 35.2 Å². The summed E-state index contributed by atoms with van der Waals surface area (Å²) in [6.07, 6.45) is 6.18. The number of aromatic nitrogens is 2. The summed E-state index contributed by atoms with van der Waals surface area (Å²) in [6, 6.07) is 6.44. The fourth-order valence-corrected chi connectivity index (χ4v) is 2.98. The molecule has 0 spiro atoms. The highest BCUT2D eigenvalue weighted by molar-refractivity contribution is 9.10. The normalized spacial score (nSPS) is 18.7. The molecule has 0 aliphatic carbocycles. The molecule has 1 aliphatic rings. The molecular weight excluding hydrogens is 306 g/mol. The third kappa shape index (κ3) is 2.53. The average Bonchev–Trinajstić information content (AvgIpc) is 3.08. The summed E-state index contributed by atoms with van der Waals surface area (Å²) in [5, 5.41) is 3.51. The van der Waals surface area contributed by atoms with Crippen LogP contribution in [0.1, 0.15) is 24.6 Å². The summed E-state index contributed by atoms with van der Waals surface area (Å²) in [5.41, 5.74) is 2.27. The minimum atomic E-state index is 0.396. The van der Waals surface area contributed by atoms with Crippen LogP contribution in [-0.4, -0.2) is 23.2 Å². The van der Waals surface area contributed by atoms with E-state index in [-0.39, 0.29) is 0 Å². The maximum absolute atomic E-state index is 5.32. The second-order valence-electron chi connectivity index (χ2n) is 4.69. The number of rotatable bonds is 3. The van der Waals surface area contributed by atoms with E-state index >= 15 is 0 Å². The van der Waals surface area contributed by atoms with Crippen LogP contribution in [0.2, 0.25) is 0 Å². The van der Waals surface area contributed by atoms with E-state index in [1.54, 1.807) is 7.11 Å². The van der Waals surface area contributed by atoms with Crippen LogP contribution in [0.4, 0.5) is 0 Å². The molecule has 1 unspecified atom stereocenters. The van der Waals surface area contributed by atoms with Crippen molar-refractivity contribution in [3.63, 3.8) is 0 Å². The van der Waals surface area contributed by atoms with Crippen LogP contribution < -0.4 is 10.1 Å². The topological polar surface area (TPSA) is 39.1 Å². The summed E-state index contributed by atoms with van der Waals surface area (Å²) >= 11 is 3.52. The summed E-state index contributed by atoms with van der Waals surface area (Å²) in [7, 11) is 1.68. The van der Waals surface area contributed by atoms with Crippen LogP contribution in [0, 0.1) is 0 Å². The summed E-state index contributed by atoms with van der Waals surface area (Å²) in [5.74, 6) is 0.836. The van der Waals surface area contributed by atoms with E-state index in [1.165, 1.54) is 12.1 Å². The molecule has 3 rings (SSSR count). The van der Waals surface area contributed by atoms with E-state index in [0.29, 0.717) is 6.04 Å². The van der Waals surface area contributed by atoms with Gasteiger partial charge < -0.3 is 14.6 Å². The molecule has 4 nitrogen and oxygen atoms in total. The molecule has 1 aromatic heterocycles. The lowest BCUT2D eigenvalue weighted by molar-refractivity contribution is 0.414. The summed E-state index contributed by atoms with van der Waals surface area (Å²) in [6.45, 7) is 1.08. The van der Waals surface area contributed by atoms with Gasteiger partial charge >= 0.3 is 0 Å². The van der Waals surface area contributed by atoms with Crippen molar-refractivity contribution in [2.75, 3.05) is 13.7 Å². The highest BCUT2D eigenvalue weighted by atomic mass is 79.9. The zero-order valence-electron chi connectivity index (χ0n) is 10.8. The molecule has 5 heteroatoms. The first-order valence-electron chi connectivity index (χ1n) is 6.38. The summed E-state index contributed by atoms with van der Waals surface area (Å²) in [4.78, 5) is 4.30. The molecule has 0 radical (unpaired) electrons.